The molecule has 22 heavy (non-hydrogen) atoms. The van der Waals surface area contributed by atoms with Gasteiger partial charge in [0.15, 0.2) is 0 Å². The van der Waals surface area contributed by atoms with Gasteiger partial charge in [-0.2, -0.15) is 0 Å². The molecule has 3 unspecified atom stereocenters. The van der Waals surface area contributed by atoms with Crippen LogP contribution in [0.25, 0.3) is 0 Å². The number of ether oxygens (including phenoxy) is 3. The lowest BCUT2D eigenvalue weighted by Crippen LogP contribution is -2.60. The van der Waals surface area contributed by atoms with Crippen LogP contribution in [0.3, 0.4) is 0 Å². The monoisotopic (exact) mass is 310 g/mol. The Morgan fingerprint density at radius 3 is 2.55 bits per heavy atom. The zero-order chi connectivity index (χ0) is 14.9. The van der Waals surface area contributed by atoms with Gasteiger partial charge in [-0.1, -0.05) is 0 Å². The van der Waals surface area contributed by atoms with Crippen LogP contribution in [0.1, 0.15) is 19.3 Å². The van der Waals surface area contributed by atoms with Crippen molar-refractivity contribution in [1.82, 2.24) is 9.80 Å². The molecule has 4 fully saturated rings. The molecule has 0 aromatic heterocycles. The predicted octanol–water partition coefficient (Wildman–Crippen LogP) is 0.114. The van der Waals surface area contributed by atoms with Crippen LogP contribution in [0.15, 0.2) is 0 Å². The van der Waals surface area contributed by atoms with Gasteiger partial charge in [0.05, 0.1) is 25.2 Å². The fraction of sp³-hybridized carbons (Fsp3) is 0.938. The van der Waals surface area contributed by atoms with Crippen molar-refractivity contribution in [2.24, 2.45) is 5.92 Å². The van der Waals surface area contributed by atoms with E-state index in [4.69, 9.17) is 14.2 Å². The largest absolute Gasteiger partial charge is 0.380 e. The number of hydrogen-bond donors (Lipinski definition) is 0. The van der Waals surface area contributed by atoms with Gasteiger partial charge in [0.1, 0.15) is 6.10 Å². The second-order valence-corrected chi connectivity index (χ2v) is 6.91. The van der Waals surface area contributed by atoms with Crippen molar-refractivity contribution in [1.29, 1.82) is 0 Å². The molecule has 1 amide bonds. The number of carbonyl (C=O) groups excluding carboxylic acids is 1. The number of rotatable bonds is 3. The van der Waals surface area contributed by atoms with E-state index in [0.29, 0.717) is 25.1 Å². The van der Waals surface area contributed by atoms with Gasteiger partial charge in [0, 0.05) is 45.4 Å². The van der Waals surface area contributed by atoms with Crippen LogP contribution in [-0.4, -0.2) is 86.6 Å². The van der Waals surface area contributed by atoms with E-state index in [1.807, 2.05) is 4.90 Å². The maximum absolute atomic E-state index is 12.7. The minimum atomic E-state index is 0.0691. The number of carbonyl (C=O) groups is 1. The first-order valence-corrected chi connectivity index (χ1v) is 8.65. The van der Waals surface area contributed by atoms with Crippen LogP contribution in [0.4, 0.5) is 0 Å². The van der Waals surface area contributed by atoms with Crippen molar-refractivity contribution >= 4 is 5.91 Å². The molecule has 4 aliphatic heterocycles. The van der Waals surface area contributed by atoms with Gasteiger partial charge in [-0.15, -0.1) is 0 Å². The first-order chi connectivity index (χ1) is 10.8. The second-order valence-electron chi connectivity index (χ2n) is 6.91. The van der Waals surface area contributed by atoms with Gasteiger partial charge in [0.25, 0.3) is 0 Å². The molecule has 0 aromatic carbocycles. The average Bonchev–Trinajstić information content (AvgIpc) is 3.19. The van der Waals surface area contributed by atoms with Crippen molar-refractivity contribution in [3.05, 3.63) is 0 Å². The van der Waals surface area contributed by atoms with Crippen molar-refractivity contribution in [2.45, 2.75) is 37.5 Å². The van der Waals surface area contributed by atoms with E-state index >= 15 is 0 Å². The zero-order valence-electron chi connectivity index (χ0n) is 13.1. The van der Waals surface area contributed by atoms with Crippen LogP contribution in [0.2, 0.25) is 0 Å². The molecule has 4 heterocycles. The Bertz CT molecular complexity index is 401. The summed E-state index contributed by atoms with van der Waals surface area (Å²) in [4.78, 5) is 17.1. The number of morpholine rings is 1. The average molecular weight is 310 g/mol. The van der Waals surface area contributed by atoms with E-state index in [0.717, 1.165) is 58.7 Å². The van der Waals surface area contributed by atoms with Gasteiger partial charge in [0.2, 0.25) is 5.91 Å². The zero-order valence-corrected chi connectivity index (χ0v) is 13.1. The minimum Gasteiger partial charge on any atom is -0.380 e. The van der Waals surface area contributed by atoms with Crippen molar-refractivity contribution in [2.75, 3.05) is 52.6 Å². The van der Waals surface area contributed by atoms with E-state index in [1.54, 1.807) is 0 Å². The summed E-state index contributed by atoms with van der Waals surface area (Å²) in [6.07, 6.45) is 3.54. The molecule has 0 aliphatic carbocycles. The Balaban J connectivity index is 1.27. The summed E-state index contributed by atoms with van der Waals surface area (Å²) in [5, 5.41) is 0. The molecule has 6 heteroatoms. The molecule has 0 N–H and O–H groups in total. The van der Waals surface area contributed by atoms with Crippen LogP contribution in [0.5, 0.6) is 0 Å². The maximum atomic E-state index is 12.7. The molecular formula is C16H26N2O4. The van der Waals surface area contributed by atoms with E-state index in [1.165, 1.54) is 0 Å². The van der Waals surface area contributed by atoms with Gasteiger partial charge >= 0.3 is 0 Å². The summed E-state index contributed by atoms with van der Waals surface area (Å²) >= 11 is 0. The van der Waals surface area contributed by atoms with Crippen molar-refractivity contribution in [3.8, 4) is 0 Å². The van der Waals surface area contributed by atoms with Crippen LogP contribution in [0, 0.1) is 5.92 Å². The minimum absolute atomic E-state index is 0.0691. The van der Waals surface area contributed by atoms with E-state index in [9.17, 15) is 4.79 Å². The second kappa shape index (κ2) is 6.43. The fourth-order valence-corrected chi connectivity index (χ4v) is 4.03. The summed E-state index contributed by atoms with van der Waals surface area (Å²) in [6, 6.07) is 0.536. The van der Waals surface area contributed by atoms with Gasteiger partial charge in [-0.05, 0) is 19.3 Å². The SMILES string of the molecule is O=C(C1CN(C2CCOC2)C1)N1CCOC(C2CCCO2)C1. The third-order valence-electron chi connectivity index (χ3n) is 5.47. The predicted molar refractivity (Wildman–Crippen MR) is 79.6 cm³/mol. The Kier molecular flexibility index (Phi) is 4.35. The standard InChI is InChI=1S/C16H26N2O4/c19-16(12-8-18(9-12)13-3-6-20-11-13)17-4-7-22-15(10-17)14-2-1-5-21-14/h12-15H,1-11H2. The van der Waals surface area contributed by atoms with Crippen LogP contribution < -0.4 is 0 Å². The number of likely N-dealkylation sites (tertiary alicyclic amines) is 1. The normalized spacial score (nSPS) is 37.5. The summed E-state index contributed by atoms with van der Waals surface area (Å²) in [6.45, 7) is 6.40. The van der Waals surface area contributed by atoms with E-state index in [2.05, 4.69) is 4.90 Å². The number of amides is 1. The molecule has 0 spiro atoms. The summed E-state index contributed by atoms with van der Waals surface area (Å²) in [5.74, 6) is 0.477. The van der Waals surface area contributed by atoms with Gasteiger partial charge < -0.3 is 19.1 Å². The maximum Gasteiger partial charge on any atom is 0.228 e. The molecular weight excluding hydrogens is 284 g/mol. The molecule has 124 valence electrons. The molecule has 4 rings (SSSR count). The smallest absolute Gasteiger partial charge is 0.228 e. The molecule has 0 bridgehead atoms. The lowest BCUT2D eigenvalue weighted by atomic mass is 9.95. The Morgan fingerprint density at radius 2 is 1.82 bits per heavy atom. The highest BCUT2D eigenvalue weighted by Crippen LogP contribution is 2.27. The summed E-state index contributed by atoms with van der Waals surface area (Å²) < 4.78 is 17.0. The number of nitrogens with zero attached hydrogens (tertiary/aromatic N) is 2. The highest BCUT2D eigenvalue weighted by atomic mass is 16.5. The lowest BCUT2D eigenvalue weighted by molar-refractivity contribution is -0.154. The first-order valence-electron chi connectivity index (χ1n) is 8.65. The highest BCUT2D eigenvalue weighted by Gasteiger charge is 2.41. The van der Waals surface area contributed by atoms with E-state index in [-0.39, 0.29) is 18.1 Å². The van der Waals surface area contributed by atoms with Crippen LogP contribution in [-0.2, 0) is 19.0 Å². The third-order valence-corrected chi connectivity index (χ3v) is 5.47. The quantitative estimate of drug-likeness (QED) is 0.741. The fourth-order valence-electron chi connectivity index (χ4n) is 4.03. The lowest BCUT2D eigenvalue weighted by Gasteiger charge is -2.45. The first kappa shape index (κ1) is 14.9. The number of hydrogen-bond acceptors (Lipinski definition) is 5. The molecule has 3 atom stereocenters. The van der Waals surface area contributed by atoms with Crippen molar-refractivity contribution in [3.63, 3.8) is 0 Å². The van der Waals surface area contributed by atoms with Crippen LogP contribution >= 0.6 is 0 Å². The topological polar surface area (TPSA) is 51.2 Å². The van der Waals surface area contributed by atoms with Gasteiger partial charge in [-0.3, -0.25) is 9.69 Å². The molecule has 0 radical (unpaired) electrons. The van der Waals surface area contributed by atoms with Crippen molar-refractivity contribution < 1.29 is 19.0 Å². The van der Waals surface area contributed by atoms with Gasteiger partial charge in [-0.25, -0.2) is 0 Å². The third kappa shape index (κ3) is 2.89. The summed E-state index contributed by atoms with van der Waals surface area (Å²) in [5.41, 5.74) is 0. The Hall–Kier alpha value is -0.690. The molecule has 0 saturated carbocycles. The molecule has 0 aromatic rings. The molecule has 4 saturated heterocycles. The highest BCUT2D eigenvalue weighted by molar-refractivity contribution is 5.80. The van der Waals surface area contributed by atoms with E-state index < -0.39 is 0 Å². The molecule has 6 nitrogen and oxygen atoms in total. The Labute approximate surface area is 131 Å². The molecule has 4 aliphatic rings. The summed E-state index contributed by atoms with van der Waals surface area (Å²) in [7, 11) is 0. The Morgan fingerprint density at radius 1 is 0.955 bits per heavy atom.